The fourth-order valence-corrected chi connectivity index (χ4v) is 2.45. The number of hydrogen-bond donors (Lipinski definition) is 6. The van der Waals surface area contributed by atoms with Crippen LogP contribution in [0.4, 0.5) is 0 Å². The Morgan fingerprint density at radius 2 is 1.77 bits per heavy atom. The van der Waals surface area contributed by atoms with Crippen molar-refractivity contribution in [3.63, 3.8) is 0 Å². The smallest absolute Gasteiger partial charge is 0.328 e. The van der Waals surface area contributed by atoms with Crippen molar-refractivity contribution in [1.82, 2.24) is 10.6 Å². The molecule has 0 radical (unpaired) electrons. The number of rotatable bonds is 10. The van der Waals surface area contributed by atoms with E-state index in [0.717, 1.165) is 0 Å². The summed E-state index contributed by atoms with van der Waals surface area (Å²) in [7, 11) is 0. The summed E-state index contributed by atoms with van der Waals surface area (Å²) in [6, 6.07) is 10.7. The van der Waals surface area contributed by atoms with Crippen LogP contribution in [-0.4, -0.2) is 59.7 Å². The Labute approximate surface area is 177 Å². The second kappa shape index (κ2) is 11.0. The van der Waals surface area contributed by atoms with Crippen LogP contribution in [0.25, 0.3) is 0 Å². The topological polar surface area (TPSA) is 189 Å². The molecule has 0 aliphatic rings. The number of aliphatic carboxylic acids is 1. The minimum absolute atomic E-state index is 0.0712. The van der Waals surface area contributed by atoms with E-state index in [1.165, 1.54) is 30.3 Å². The lowest BCUT2D eigenvalue weighted by atomic mass is 10.1. The molecule has 31 heavy (non-hydrogen) atoms. The zero-order valence-corrected chi connectivity index (χ0v) is 16.4. The maximum Gasteiger partial charge on any atom is 0.328 e. The fourth-order valence-electron chi connectivity index (χ4n) is 2.45. The minimum atomic E-state index is -1.36. The van der Waals surface area contributed by atoms with E-state index in [1.807, 2.05) is 0 Å². The van der Waals surface area contributed by atoms with Crippen molar-refractivity contribution in [3.05, 3.63) is 59.7 Å². The SMILES string of the molecule is NC(N)=NCCOc1ccc(C(=O)NC[C@H](NC(=O)c2ccccc2)C(=O)O)c(O)c1. The van der Waals surface area contributed by atoms with E-state index < -0.39 is 23.8 Å². The summed E-state index contributed by atoms with van der Waals surface area (Å²) in [5.74, 6) is -2.77. The fraction of sp³-hybridized carbons (Fsp3) is 0.200. The van der Waals surface area contributed by atoms with Gasteiger partial charge in [0.25, 0.3) is 11.8 Å². The van der Waals surface area contributed by atoms with E-state index in [1.54, 1.807) is 18.2 Å². The Morgan fingerprint density at radius 3 is 2.39 bits per heavy atom. The number of nitrogens with one attached hydrogen (secondary N) is 2. The van der Waals surface area contributed by atoms with Crippen LogP contribution in [-0.2, 0) is 4.79 Å². The van der Waals surface area contributed by atoms with Crippen LogP contribution in [0.5, 0.6) is 11.5 Å². The van der Waals surface area contributed by atoms with Crippen LogP contribution in [0.2, 0.25) is 0 Å². The lowest BCUT2D eigenvalue weighted by molar-refractivity contribution is -0.139. The van der Waals surface area contributed by atoms with Gasteiger partial charge in [0, 0.05) is 18.2 Å². The number of benzene rings is 2. The van der Waals surface area contributed by atoms with Gasteiger partial charge >= 0.3 is 5.97 Å². The van der Waals surface area contributed by atoms with Gasteiger partial charge in [0.05, 0.1) is 12.1 Å². The second-order valence-corrected chi connectivity index (χ2v) is 6.27. The average molecular weight is 429 g/mol. The molecule has 0 aliphatic heterocycles. The number of phenolic OH excluding ortho intramolecular Hbond substituents is 1. The molecule has 2 aromatic rings. The number of phenols is 1. The minimum Gasteiger partial charge on any atom is -0.507 e. The number of aromatic hydroxyl groups is 1. The average Bonchev–Trinajstić information content (AvgIpc) is 2.74. The molecule has 0 unspecified atom stereocenters. The van der Waals surface area contributed by atoms with Crippen molar-refractivity contribution < 1.29 is 29.3 Å². The number of amides is 2. The lowest BCUT2D eigenvalue weighted by Gasteiger charge is -2.16. The molecule has 0 bridgehead atoms. The summed E-state index contributed by atoms with van der Waals surface area (Å²) >= 11 is 0. The van der Waals surface area contributed by atoms with Gasteiger partial charge in [-0.25, -0.2) is 4.79 Å². The van der Waals surface area contributed by atoms with Gasteiger partial charge in [0.2, 0.25) is 0 Å². The number of aliphatic imine (C=N–C) groups is 1. The van der Waals surface area contributed by atoms with Gasteiger partial charge in [-0.3, -0.25) is 14.6 Å². The lowest BCUT2D eigenvalue weighted by Crippen LogP contribution is -2.48. The Balaban J connectivity index is 1.94. The van der Waals surface area contributed by atoms with Crippen LogP contribution in [0.15, 0.2) is 53.5 Å². The van der Waals surface area contributed by atoms with E-state index in [0.29, 0.717) is 5.75 Å². The predicted octanol–water partition coefficient (Wildman–Crippen LogP) is -0.343. The first-order valence-electron chi connectivity index (χ1n) is 9.16. The van der Waals surface area contributed by atoms with Crippen LogP contribution in [0.1, 0.15) is 20.7 Å². The number of carbonyl (C=O) groups excluding carboxylic acids is 2. The Kier molecular flexibility index (Phi) is 8.20. The van der Waals surface area contributed by atoms with Crippen molar-refractivity contribution in [2.75, 3.05) is 19.7 Å². The highest BCUT2D eigenvalue weighted by atomic mass is 16.5. The summed E-state index contributed by atoms with van der Waals surface area (Å²) in [4.78, 5) is 39.7. The first-order valence-corrected chi connectivity index (χ1v) is 9.16. The largest absolute Gasteiger partial charge is 0.507 e. The highest BCUT2D eigenvalue weighted by Crippen LogP contribution is 2.23. The number of nitrogens with two attached hydrogens (primary N) is 2. The molecule has 0 fully saturated rings. The van der Waals surface area contributed by atoms with Crippen LogP contribution in [0, 0.1) is 0 Å². The zero-order valence-electron chi connectivity index (χ0n) is 16.4. The van der Waals surface area contributed by atoms with Crippen molar-refractivity contribution in [2.24, 2.45) is 16.5 Å². The van der Waals surface area contributed by atoms with Gasteiger partial charge in [-0.05, 0) is 24.3 Å². The standard InChI is InChI=1S/C20H23N5O6/c21-20(22)23-8-9-31-13-6-7-14(16(26)10-13)18(28)24-11-15(19(29)30)25-17(27)12-4-2-1-3-5-12/h1-7,10,15,26H,8-9,11H2,(H,24,28)(H,25,27)(H,29,30)(H4,21,22,23)/t15-/m0/s1. The Morgan fingerprint density at radius 1 is 1.06 bits per heavy atom. The molecule has 0 aliphatic carbocycles. The molecule has 2 rings (SSSR count). The third-order valence-electron chi connectivity index (χ3n) is 3.97. The molecule has 1 atom stereocenters. The van der Waals surface area contributed by atoms with Crippen molar-refractivity contribution in [2.45, 2.75) is 6.04 Å². The highest BCUT2D eigenvalue weighted by molar-refractivity contribution is 5.98. The van der Waals surface area contributed by atoms with E-state index in [4.69, 9.17) is 16.2 Å². The molecule has 11 nitrogen and oxygen atoms in total. The molecule has 0 aromatic heterocycles. The van der Waals surface area contributed by atoms with Gasteiger partial charge in [-0.1, -0.05) is 18.2 Å². The molecular formula is C20H23N5O6. The number of ether oxygens (including phenoxy) is 1. The summed E-state index contributed by atoms with van der Waals surface area (Å²) < 4.78 is 5.35. The van der Waals surface area contributed by atoms with E-state index in [9.17, 15) is 24.6 Å². The summed E-state index contributed by atoms with van der Waals surface area (Å²) in [5, 5.41) is 24.1. The van der Waals surface area contributed by atoms with E-state index in [2.05, 4.69) is 15.6 Å². The first-order chi connectivity index (χ1) is 14.8. The number of carboxylic acids is 1. The van der Waals surface area contributed by atoms with Gasteiger partial charge in [0.1, 0.15) is 24.1 Å². The van der Waals surface area contributed by atoms with Crippen LogP contribution >= 0.6 is 0 Å². The highest BCUT2D eigenvalue weighted by Gasteiger charge is 2.22. The van der Waals surface area contributed by atoms with E-state index >= 15 is 0 Å². The third-order valence-corrected chi connectivity index (χ3v) is 3.97. The zero-order chi connectivity index (χ0) is 22.8. The van der Waals surface area contributed by atoms with Crippen LogP contribution < -0.4 is 26.8 Å². The molecule has 2 aromatic carbocycles. The molecular weight excluding hydrogens is 406 g/mol. The maximum absolute atomic E-state index is 12.3. The Hall–Kier alpha value is -4.28. The van der Waals surface area contributed by atoms with Gasteiger partial charge in [-0.2, -0.15) is 0 Å². The second-order valence-electron chi connectivity index (χ2n) is 6.27. The predicted molar refractivity (Wildman–Crippen MR) is 112 cm³/mol. The van der Waals surface area contributed by atoms with Crippen LogP contribution in [0.3, 0.4) is 0 Å². The molecule has 0 saturated carbocycles. The van der Waals surface area contributed by atoms with Gasteiger partial charge < -0.3 is 37.1 Å². The normalized spacial score (nSPS) is 11.1. The van der Waals surface area contributed by atoms with Crippen molar-refractivity contribution in [3.8, 4) is 11.5 Å². The Bertz CT molecular complexity index is 960. The molecule has 0 spiro atoms. The number of hydrogen-bond acceptors (Lipinski definition) is 6. The van der Waals surface area contributed by atoms with Gasteiger partial charge in [-0.15, -0.1) is 0 Å². The molecule has 11 heteroatoms. The van der Waals surface area contributed by atoms with E-state index in [-0.39, 0.29) is 42.5 Å². The maximum atomic E-state index is 12.3. The first kappa shape index (κ1) is 23.0. The number of carbonyl (C=O) groups is 3. The molecule has 8 N–H and O–H groups in total. The molecule has 2 amide bonds. The van der Waals surface area contributed by atoms with Crippen molar-refractivity contribution in [1.29, 1.82) is 0 Å². The summed E-state index contributed by atoms with van der Waals surface area (Å²) in [5.41, 5.74) is 10.6. The molecule has 0 heterocycles. The van der Waals surface area contributed by atoms with Gasteiger partial charge in [0.15, 0.2) is 5.96 Å². The monoisotopic (exact) mass is 429 g/mol. The number of guanidine groups is 1. The van der Waals surface area contributed by atoms with Crippen molar-refractivity contribution >= 4 is 23.7 Å². The summed E-state index contributed by atoms with van der Waals surface area (Å²) in [6.45, 7) is -0.0101. The quantitative estimate of drug-likeness (QED) is 0.168. The summed E-state index contributed by atoms with van der Waals surface area (Å²) in [6.07, 6.45) is 0. The molecule has 164 valence electrons. The third kappa shape index (κ3) is 7.24. The number of carboxylic acid groups (broad SMARTS) is 1. The molecule has 0 saturated heterocycles. The number of nitrogens with zero attached hydrogens (tertiary/aromatic N) is 1.